The highest BCUT2D eigenvalue weighted by Crippen LogP contribution is 2.27. The standard InChI is InChI=1S/C16H11I2N3OS/c17-12-6-10(7-13(18)15(12)22)8-19-21-16-20-14(9-23-16)11-4-2-1-3-5-11/h1-9,22H,(H,20,21). The van der Waals surface area contributed by atoms with Crippen molar-refractivity contribution in [3.63, 3.8) is 0 Å². The molecule has 0 saturated carbocycles. The Morgan fingerprint density at radius 2 is 1.83 bits per heavy atom. The number of halogens is 2. The molecule has 0 spiro atoms. The van der Waals surface area contributed by atoms with Crippen LogP contribution in [0.15, 0.2) is 52.9 Å². The number of nitrogens with zero attached hydrogens (tertiary/aromatic N) is 2. The quantitative estimate of drug-likeness (QED) is 0.270. The maximum Gasteiger partial charge on any atom is 0.203 e. The van der Waals surface area contributed by atoms with Gasteiger partial charge in [0.15, 0.2) is 0 Å². The van der Waals surface area contributed by atoms with E-state index in [4.69, 9.17) is 0 Å². The van der Waals surface area contributed by atoms with E-state index in [1.54, 1.807) is 6.21 Å². The monoisotopic (exact) mass is 547 g/mol. The number of hydrazone groups is 1. The van der Waals surface area contributed by atoms with Gasteiger partial charge < -0.3 is 5.11 Å². The summed E-state index contributed by atoms with van der Waals surface area (Å²) in [6.45, 7) is 0. The average molecular weight is 547 g/mol. The Morgan fingerprint density at radius 1 is 1.13 bits per heavy atom. The van der Waals surface area contributed by atoms with E-state index in [2.05, 4.69) is 60.7 Å². The fraction of sp³-hybridized carbons (Fsp3) is 0. The van der Waals surface area contributed by atoms with Gasteiger partial charge in [-0.25, -0.2) is 4.98 Å². The molecule has 0 aliphatic rings. The maximum absolute atomic E-state index is 9.76. The minimum Gasteiger partial charge on any atom is -0.506 e. The molecule has 116 valence electrons. The van der Waals surface area contributed by atoms with Crippen LogP contribution in [0.4, 0.5) is 5.13 Å². The molecule has 23 heavy (non-hydrogen) atoms. The third kappa shape index (κ3) is 4.21. The number of rotatable bonds is 4. The SMILES string of the molecule is Oc1c(I)cc(C=NNc2nc(-c3ccccc3)cs2)cc1I. The van der Waals surface area contributed by atoms with Gasteiger partial charge >= 0.3 is 0 Å². The lowest BCUT2D eigenvalue weighted by Gasteiger charge is -2.02. The molecule has 1 aromatic heterocycles. The van der Waals surface area contributed by atoms with Crippen LogP contribution >= 0.6 is 56.5 Å². The first kappa shape index (κ1) is 16.7. The number of anilines is 1. The molecule has 1 heterocycles. The van der Waals surface area contributed by atoms with Gasteiger partial charge in [0.2, 0.25) is 5.13 Å². The zero-order valence-electron chi connectivity index (χ0n) is 11.7. The maximum atomic E-state index is 9.76. The fourth-order valence-electron chi connectivity index (χ4n) is 1.89. The number of nitrogens with one attached hydrogen (secondary N) is 1. The predicted molar refractivity (Wildman–Crippen MR) is 112 cm³/mol. The van der Waals surface area contributed by atoms with Crippen LogP contribution < -0.4 is 5.43 Å². The predicted octanol–water partition coefficient (Wildman–Crippen LogP) is 5.17. The molecule has 0 aliphatic carbocycles. The van der Waals surface area contributed by atoms with Gasteiger partial charge in [-0.15, -0.1) is 11.3 Å². The van der Waals surface area contributed by atoms with Crippen LogP contribution in [0.2, 0.25) is 0 Å². The Morgan fingerprint density at radius 3 is 2.52 bits per heavy atom. The number of hydrogen-bond acceptors (Lipinski definition) is 5. The van der Waals surface area contributed by atoms with E-state index in [0.29, 0.717) is 5.75 Å². The van der Waals surface area contributed by atoms with Gasteiger partial charge in [0, 0.05) is 10.9 Å². The van der Waals surface area contributed by atoms with Crippen LogP contribution in [0.25, 0.3) is 11.3 Å². The second-order valence-electron chi connectivity index (χ2n) is 4.61. The van der Waals surface area contributed by atoms with E-state index in [1.807, 2.05) is 47.8 Å². The first-order valence-electron chi connectivity index (χ1n) is 6.61. The molecule has 2 N–H and O–H groups in total. The molecule has 0 radical (unpaired) electrons. The first-order chi connectivity index (χ1) is 11.1. The zero-order chi connectivity index (χ0) is 16.2. The molecule has 0 aliphatic heterocycles. The number of thiazole rings is 1. The molecular weight excluding hydrogens is 536 g/mol. The molecule has 0 atom stereocenters. The van der Waals surface area contributed by atoms with Gasteiger partial charge in [-0.05, 0) is 62.9 Å². The molecule has 3 aromatic rings. The Labute approximate surface area is 165 Å². The number of phenols is 1. The van der Waals surface area contributed by atoms with E-state index in [9.17, 15) is 5.11 Å². The van der Waals surface area contributed by atoms with Crippen molar-refractivity contribution in [2.45, 2.75) is 0 Å². The van der Waals surface area contributed by atoms with Gasteiger partial charge in [0.1, 0.15) is 5.75 Å². The number of hydrogen-bond donors (Lipinski definition) is 2. The summed E-state index contributed by atoms with van der Waals surface area (Å²) in [6.07, 6.45) is 1.72. The Bertz CT molecular complexity index is 827. The van der Waals surface area contributed by atoms with Crippen molar-refractivity contribution in [2.75, 3.05) is 5.43 Å². The average Bonchev–Trinajstić information content (AvgIpc) is 3.02. The summed E-state index contributed by atoms with van der Waals surface area (Å²) >= 11 is 5.71. The van der Waals surface area contributed by atoms with Crippen molar-refractivity contribution in [2.24, 2.45) is 5.10 Å². The molecular formula is C16H11I2N3OS. The molecule has 2 aromatic carbocycles. The topological polar surface area (TPSA) is 57.5 Å². The molecule has 0 fully saturated rings. The minimum atomic E-state index is 0.309. The van der Waals surface area contributed by atoms with Crippen LogP contribution in [-0.4, -0.2) is 16.3 Å². The fourth-order valence-corrected chi connectivity index (χ4v) is 4.37. The summed E-state index contributed by atoms with van der Waals surface area (Å²) in [5, 5.41) is 16.7. The van der Waals surface area contributed by atoms with E-state index in [1.165, 1.54) is 11.3 Å². The number of aromatic nitrogens is 1. The molecule has 0 saturated heterocycles. The smallest absolute Gasteiger partial charge is 0.203 e. The third-order valence-electron chi connectivity index (χ3n) is 2.99. The highest BCUT2D eigenvalue weighted by Gasteiger charge is 2.05. The Kier molecular flexibility index (Phi) is 5.49. The molecule has 3 rings (SSSR count). The first-order valence-corrected chi connectivity index (χ1v) is 9.65. The van der Waals surface area contributed by atoms with E-state index in [0.717, 1.165) is 29.1 Å². The summed E-state index contributed by atoms with van der Waals surface area (Å²) in [5.41, 5.74) is 5.89. The van der Waals surface area contributed by atoms with Crippen LogP contribution in [0.1, 0.15) is 5.56 Å². The lowest BCUT2D eigenvalue weighted by atomic mass is 10.2. The minimum absolute atomic E-state index is 0.309. The van der Waals surface area contributed by atoms with E-state index >= 15 is 0 Å². The van der Waals surface area contributed by atoms with Gasteiger partial charge in [0.05, 0.1) is 19.0 Å². The summed E-state index contributed by atoms with van der Waals surface area (Å²) in [6, 6.07) is 13.8. The van der Waals surface area contributed by atoms with Gasteiger partial charge in [-0.3, -0.25) is 5.43 Å². The summed E-state index contributed by atoms with van der Waals surface area (Å²) in [5.74, 6) is 0.309. The van der Waals surface area contributed by atoms with Crippen LogP contribution in [0.5, 0.6) is 5.75 Å². The molecule has 4 nitrogen and oxygen atoms in total. The molecule has 0 bridgehead atoms. The zero-order valence-corrected chi connectivity index (χ0v) is 16.8. The van der Waals surface area contributed by atoms with Crippen molar-refractivity contribution >= 4 is 67.9 Å². The third-order valence-corrected chi connectivity index (χ3v) is 5.38. The number of aromatic hydroxyl groups is 1. The van der Waals surface area contributed by atoms with Crippen LogP contribution in [-0.2, 0) is 0 Å². The Hall–Kier alpha value is -1.20. The van der Waals surface area contributed by atoms with Gasteiger partial charge in [-0.1, -0.05) is 30.3 Å². The normalized spacial score (nSPS) is 11.0. The summed E-state index contributed by atoms with van der Waals surface area (Å²) in [7, 11) is 0. The van der Waals surface area contributed by atoms with Crippen LogP contribution in [0.3, 0.4) is 0 Å². The lowest BCUT2D eigenvalue weighted by molar-refractivity contribution is 0.467. The Balaban J connectivity index is 1.70. The van der Waals surface area contributed by atoms with Gasteiger partial charge in [0.25, 0.3) is 0 Å². The van der Waals surface area contributed by atoms with Crippen molar-refractivity contribution in [1.29, 1.82) is 0 Å². The van der Waals surface area contributed by atoms with E-state index in [-0.39, 0.29) is 0 Å². The summed E-state index contributed by atoms with van der Waals surface area (Å²) < 4.78 is 1.60. The van der Waals surface area contributed by atoms with Crippen molar-refractivity contribution < 1.29 is 5.11 Å². The largest absolute Gasteiger partial charge is 0.506 e. The van der Waals surface area contributed by atoms with Gasteiger partial charge in [-0.2, -0.15) is 5.10 Å². The second kappa shape index (κ2) is 7.58. The van der Waals surface area contributed by atoms with Crippen molar-refractivity contribution in [3.8, 4) is 17.0 Å². The second-order valence-corrected chi connectivity index (χ2v) is 7.79. The van der Waals surface area contributed by atoms with E-state index < -0.39 is 0 Å². The molecule has 0 amide bonds. The number of benzene rings is 2. The highest BCUT2D eigenvalue weighted by atomic mass is 127. The van der Waals surface area contributed by atoms with Crippen LogP contribution in [0, 0.1) is 7.14 Å². The van der Waals surface area contributed by atoms with Crippen molar-refractivity contribution in [1.82, 2.24) is 4.98 Å². The lowest BCUT2D eigenvalue weighted by Crippen LogP contribution is -1.92. The molecule has 7 heteroatoms. The number of phenolic OH excluding ortho intramolecular Hbond substituents is 1. The highest BCUT2D eigenvalue weighted by molar-refractivity contribution is 14.1. The van der Waals surface area contributed by atoms with Crippen molar-refractivity contribution in [3.05, 3.63) is 60.5 Å². The summed E-state index contributed by atoms with van der Waals surface area (Å²) in [4.78, 5) is 4.51. The molecule has 0 unspecified atom stereocenters.